The number of carbonyl (C=O) groups is 1. The van der Waals surface area contributed by atoms with Gasteiger partial charge >= 0.3 is 0 Å². The number of methoxy groups -OCH3 is 1. The number of aromatic nitrogens is 2. The first kappa shape index (κ1) is 27.4. The second-order valence-electron chi connectivity index (χ2n) is 10.1. The van der Waals surface area contributed by atoms with E-state index in [1.54, 1.807) is 24.5 Å². The van der Waals surface area contributed by atoms with Gasteiger partial charge in [0.2, 0.25) is 5.91 Å². The van der Waals surface area contributed by atoms with Crippen LogP contribution < -0.4 is 14.8 Å². The summed E-state index contributed by atoms with van der Waals surface area (Å²) in [5.74, 6) is 2.28. The second kappa shape index (κ2) is 11.9. The van der Waals surface area contributed by atoms with Crippen LogP contribution in [-0.2, 0) is 22.6 Å². The van der Waals surface area contributed by atoms with Gasteiger partial charge in [-0.3, -0.25) is 4.79 Å². The molecule has 0 atom stereocenters. The third kappa shape index (κ3) is 6.54. The van der Waals surface area contributed by atoms with Gasteiger partial charge in [-0.1, -0.05) is 31.2 Å². The minimum atomic E-state index is -0.265. The average molecular weight is 564 g/mol. The predicted octanol–water partition coefficient (Wildman–Crippen LogP) is 7.13. The van der Waals surface area contributed by atoms with Crippen molar-refractivity contribution in [3.05, 3.63) is 59.0 Å². The number of thioether (sulfide) groups is 1. The van der Waals surface area contributed by atoms with E-state index in [1.165, 1.54) is 22.2 Å². The van der Waals surface area contributed by atoms with Crippen molar-refractivity contribution in [3.63, 3.8) is 0 Å². The fourth-order valence-corrected chi connectivity index (χ4v) is 6.43. The molecule has 2 aromatic carbocycles. The van der Waals surface area contributed by atoms with E-state index in [0.717, 1.165) is 45.8 Å². The van der Waals surface area contributed by atoms with Crippen LogP contribution in [0.1, 0.15) is 44.1 Å². The number of nitrogens with one attached hydrogen (secondary N) is 1. The van der Waals surface area contributed by atoms with Crippen LogP contribution in [0.25, 0.3) is 21.6 Å². The molecule has 1 aliphatic heterocycles. The Balaban J connectivity index is 1.44. The number of fused-ring (bicyclic) bond motifs is 3. The average Bonchev–Trinajstić information content (AvgIpc) is 3.29. The lowest BCUT2D eigenvalue weighted by Gasteiger charge is -2.30. The maximum absolute atomic E-state index is 12.9. The van der Waals surface area contributed by atoms with Crippen molar-refractivity contribution in [2.24, 2.45) is 0 Å². The highest BCUT2D eigenvalue weighted by Gasteiger charge is 2.31. The summed E-state index contributed by atoms with van der Waals surface area (Å²) in [5.41, 5.74) is 2.57. The Hall–Kier alpha value is -3.14. The summed E-state index contributed by atoms with van der Waals surface area (Å²) >= 11 is 3.09. The molecular formula is C30H33N3O4S2. The lowest BCUT2D eigenvalue weighted by atomic mass is 9.94. The molecule has 1 aliphatic rings. The quantitative estimate of drug-likeness (QED) is 0.125. The highest BCUT2D eigenvalue weighted by Crippen LogP contribution is 2.42. The molecule has 2 aromatic heterocycles. The molecule has 204 valence electrons. The third-order valence-corrected chi connectivity index (χ3v) is 8.54. The Morgan fingerprint density at radius 3 is 2.74 bits per heavy atom. The fourth-order valence-electron chi connectivity index (χ4n) is 4.41. The van der Waals surface area contributed by atoms with Crippen LogP contribution in [0.2, 0.25) is 0 Å². The van der Waals surface area contributed by atoms with Crippen molar-refractivity contribution in [2.75, 3.05) is 24.8 Å². The standard InChI is InChI=1S/C30H33N3O4S2/c1-5-6-14-36-21-12-10-19(11-13-21)27-32-28(38-18-25(34)31-20-8-7-9-22(15-20)35-4)26-23-16-30(2,3)37-17-24(23)39-29(26)33-27/h7-13,15H,5-6,14,16-18H2,1-4H3,(H,31,34). The number of rotatable bonds is 10. The number of unbranched alkanes of at least 4 members (excludes halogenated alkanes) is 1. The fraction of sp³-hybridized carbons (Fsp3) is 0.367. The number of thiophene rings is 1. The van der Waals surface area contributed by atoms with Crippen LogP contribution in [0.4, 0.5) is 5.69 Å². The molecule has 39 heavy (non-hydrogen) atoms. The molecule has 7 nitrogen and oxygen atoms in total. The molecule has 0 fully saturated rings. The molecule has 0 bridgehead atoms. The molecule has 0 saturated carbocycles. The van der Waals surface area contributed by atoms with Crippen molar-refractivity contribution >= 4 is 44.9 Å². The van der Waals surface area contributed by atoms with Gasteiger partial charge in [0.05, 0.1) is 31.7 Å². The summed E-state index contributed by atoms with van der Waals surface area (Å²) in [6.45, 7) is 7.62. The highest BCUT2D eigenvalue weighted by molar-refractivity contribution is 8.00. The summed E-state index contributed by atoms with van der Waals surface area (Å²) in [6, 6.07) is 15.3. The number of ether oxygens (including phenoxy) is 3. The second-order valence-corrected chi connectivity index (χ2v) is 12.1. The Kier molecular flexibility index (Phi) is 8.40. The smallest absolute Gasteiger partial charge is 0.234 e. The van der Waals surface area contributed by atoms with Crippen molar-refractivity contribution in [3.8, 4) is 22.9 Å². The van der Waals surface area contributed by atoms with E-state index in [0.29, 0.717) is 30.5 Å². The topological polar surface area (TPSA) is 82.6 Å². The predicted molar refractivity (Wildman–Crippen MR) is 158 cm³/mol. The molecular weight excluding hydrogens is 530 g/mol. The number of benzene rings is 2. The lowest BCUT2D eigenvalue weighted by Crippen LogP contribution is -2.31. The van der Waals surface area contributed by atoms with E-state index in [1.807, 2.05) is 42.5 Å². The molecule has 0 spiro atoms. The van der Waals surface area contributed by atoms with Gasteiger partial charge in [0, 0.05) is 34.0 Å². The van der Waals surface area contributed by atoms with Crippen LogP contribution in [0.15, 0.2) is 53.6 Å². The van der Waals surface area contributed by atoms with Crippen molar-refractivity contribution in [1.29, 1.82) is 0 Å². The Morgan fingerprint density at radius 1 is 1.15 bits per heavy atom. The molecule has 9 heteroatoms. The van der Waals surface area contributed by atoms with Crippen LogP contribution in [0, 0.1) is 0 Å². The Bertz CT molecular complexity index is 1470. The van der Waals surface area contributed by atoms with Gasteiger partial charge in [-0.15, -0.1) is 11.3 Å². The zero-order valence-electron chi connectivity index (χ0n) is 22.7. The van der Waals surface area contributed by atoms with E-state index in [2.05, 4.69) is 26.1 Å². The maximum Gasteiger partial charge on any atom is 0.234 e. The van der Waals surface area contributed by atoms with Gasteiger partial charge < -0.3 is 19.5 Å². The summed E-state index contributed by atoms with van der Waals surface area (Å²) in [6.07, 6.45) is 2.90. The SMILES string of the molecule is CCCCOc1ccc(-c2nc(SCC(=O)Nc3cccc(OC)c3)c3c4c(sc3n2)COC(C)(C)C4)cc1. The molecule has 0 aliphatic carbocycles. The minimum Gasteiger partial charge on any atom is -0.497 e. The zero-order valence-corrected chi connectivity index (χ0v) is 24.3. The van der Waals surface area contributed by atoms with Crippen LogP contribution in [0.5, 0.6) is 11.5 Å². The van der Waals surface area contributed by atoms with Crippen LogP contribution in [-0.4, -0.2) is 40.9 Å². The summed E-state index contributed by atoms with van der Waals surface area (Å²) in [5, 5.41) is 4.81. The molecule has 1 N–H and O–H groups in total. The van der Waals surface area contributed by atoms with Gasteiger partial charge in [-0.2, -0.15) is 0 Å². The number of hydrogen-bond acceptors (Lipinski definition) is 8. The minimum absolute atomic E-state index is 0.108. The maximum atomic E-state index is 12.9. The molecule has 0 radical (unpaired) electrons. The number of anilines is 1. The van der Waals surface area contributed by atoms with Gasteiger partial charge in [-0.05, 0) is 62.2 Å². The van der Waals surface area contributed by atoms with E-state index >= 15 is 0 Å². The Labute approximate surface area is 237 Å². The number of carbonyl (C=O) groups excluding carboxylic acids is 1. The number of hydrogen-bond donors (Lipinski definition) is 1. The van der Waals surface area contributed by atoms with Gasteiger partial charge in [-0.25, -0.2) is 9.97 Å². The molecule has 5 rings (SSSR count). The molecule has 1 amide bonds. The van der Waals surface area contributed by atoms with Crippen molar-refractivity contribution in [1.82, 2.24) is 9.97 Å². The van der Waals surface area contributed by atoms with E-state index < -0.39 is 0 Å². The Morgan fingerprint density at radius 2 is 1.97 bits per heavy atom. The molecule has 4 aromatic rings. The summed E-state index contributed by atoms with van der Waals surface area (Å²) in [7, 11) is 1.61. The van der Waals surface area contributed by atoms with Crippen LogP contribution in [0.3, 0.4) is 0 Å². The van der Waals surface area contributed by atoms with Crippen molar-refractivity contribution in [2.45, 2.75) is 57.3 Å². The molecule has 0 unspecified atom stereocenters. The number of amides is 1. The van der Waals surface area contributed by atoms with E-state index in [-0.39, 0.29) is 17.3 Å². The zero-order chi connectivity index (χ0) is 27.4. The first-order chi connectivity index (χ1) is 18.8. The first-order valence-corrected chi connectivity index (χ1v) is 14.9. The van der Waals surface area contributed by atoms with Crippen LogP contribution >= 0.6 is 23.1 Å². The normalized spacial score (nSPS) is 14.2. The molecule has 3 heterocycles. The van der Waals surface area contributed by atoms with Gasteiger partial charge in [0.1, 0.15) is 21.4 Å². The summed E-state index contributed by atoms with van der Waals surface area (Å²) < 4.78 is 17.2. The van der Waals surface area contributed by atoms with Crippen molar-refractivity contribution < 1.29 is 19.0 Å². The monoisotopic (exact) mass is 563 g/mol. The lowest BCUT2D eigenvalue weighted by molar-refractivity contribution is -0.113. The first-order valence-electron chi connectivity index (χ1n) is 13.1. The highest BCUT2D eigenvalue weighted by atomic mass is 32.2. The third-order valence-electron chi connectivity index (χ3n) is 6.47. The van der Waals surface area contributed by atoms with Gasteiger partial charge in [0.15, 0.2) is 5.82 Å². The van der Waals surface area contributed by atoms with E-state index in [4.69, 9.17) is 24.2 Å². The largest absolute Gasteiger partial charge is 0.497 e. The summed E-state index contributed by atoms with van der Waals surface area (Å²) in [4.78, 5) is 25.0. The molecule has 0 saturated heterocycles. The van der Waals surface area contributed by atoms with Gasteiger partial charge in [0.25, 0.3) is 0 Å². The van der Waals surface area contributed by atoms with E-state index in [9.17, 15) is 4.79 Å². The number of nitrogens with zero attached hydrogens (tertiary/aromatic N) is 2.